The number of nitrogens with zero attached hydrogens (tertiary/aromatic N) is 2. The van der Waals surface area contributed by atoms with Gasteiger partial charge in [-0.05, 0) is 51.8 Å². The van der Waals surface area contributed by atoms with Gasteiger partial charge >= 0.3 is 0 Å². The predicted molar refractivity (Wildman–Crippen MR) is 86.9 cm³/mol. The van der Waals surface area contributed by atoms with Crippen LogP contribution in [0.2, 0.25) is 0 Å². The van der Waals surface area contributed by atoms with Crippen LogP contribution in [0.15, 0.2) is 18.2 Å². The molecule has 0 spiro atoms. The summed E-state index contributed by atoms with van der Waals surface area (Å²) in [5, 5.41) is 12.0. The lowest BCUT2D eigenvalue weighted by Gasteiger charge is -2.32. The molecule has 1 aliphatic heterocycles. The minimum Gasteiger partial charge on any atom is -0.350 e. The number of amides is 1. The van der Waals surface area contributed by atoms with Crippen molar-refractivity contribution in [2.24, 2.45) is 5.41 Å². The van der Waals surface area contributed by atoms with Crippen LogP contribution in [0.3, 0.4) is 0 Å². The van der Waals surface area contributed by atoms with E-state index >= 15 is 0 Å². The molecular weight excluding hydrogens is 312 g/mol. The van der Waals surface area contributed by atoms with E-state index in [9.17, 15) is 13.6 Å². The molecule has 0 unspecified atom stereocenters. The SMILES string of the molecule is CC(C)N1CC[C@@H](NC(=O)C(C)(C)C#N)[C@H]1c1ccc(F)c(F)c1. The van der Waals surface area contributed by atoms with Crippen LogP contribution in [0.5, 0.6) is 0 Å². The Morgan fingerprint density at radius 1 is 1.38 bits per heavy atom. The van der Waals surface area contributed by atoms with Crippen LogP contribution < -0.4 is 5.32 Å². The van der Waals surface area contributed by atoms with Gasteiger partial charge in [-0.1, -0.05) is 6.07 Å². The number of hydrogen-bond acceptors (Lipinski definition) is 3. The number of likely N-dealkylation sites (tertiary alicyclic amines) is 1. The lowest BCUT2D eigenvalue weighted by atomic mass is 9.92. The smallest absolute Gasteiger partial charge is 0.240 e. The van der Waals surface area contributed by atoms with Crippen molar-refractivity contribution in [1.82, 2.24) is 10.2 Å². The van der Waals surface area contributed by atoms with Crippen LogP contribution in [-0.4, -0.2) is 29.4 Å². The molecule has 4 nitrogen and oxygen atoms in total. The summed E-state index contributed by atoms with van der Waals surface area (Å²) in [5.74, 6) is -2.14. The minimum atomic E-state index is -1.14. The number of benzene rings is 1. The van der Waals surface area contributed by atoms with Crippen LogP contribution in [0, 0.1) is 28.4 Å². The summed E-state index contributed by atoms with van der Waals surface area (Å²) < 4.78 is 26.9. The lowest BCUT2D eigenvalue weighted by molar-refractivity contribution is -0.127. The largest absolute Gasteiger partial charge is 0.350 e. The van der Waals surface area contributed by atoms with Crippen LogP contribution >= 0.6 is 0 Å². The molecule has 6 heteroatoms. The number of rotatable bonds is 4. The van der Waals surface area contributed by atoms with E-state index in [1.807, 2.05) is 19.9 Å². The van der Waals surface area contributed by atoms with E-state index < -0.39 is 17.0 Å². The summed E-state index contributed by atoms with van der Waals surface area (Å²) in [5.41, 5.74) is -0.510. The van der Waals surface area contributed by atoms with E-state index in [4.69, 9.17) is 5.26 Å². The van der Waals surface area contributed by atoms with Crippen molar-refractivity contribution in [3.63, 3.8) is 0 Å². The highest BCUT2D eigenvalue weighted by Crippen LogP contribution is 2.35. The monoisotopic (exact) mass is 335 g/mol. The highest BCUT2D eigenvalue weighted by atomic mass is 19.2. The molecule has 1 amide bonds. The first kappa shape index (κ1) is 18.3. The van der Waals surface area contributed by atoms with E-state index in [0.717, 1.165) is 12.6 Å². The number of carbonyl (C=O) groups excluding carboxylic acids is 1. The number of carbonyl (C=O) groups is 1. The molecule has 1 aromatic carbocycles. The number of nitriles is 1. The van der Waals surface area contributed by atoms with Gasteiger partial charge in [-0.3, -0.25) is 9.69 Å². The maximum absolute atomic E-state index is 13.7. The fourth-order valence-corrected chi connectivity index (χ4v) is 3.07. The highest BCUT2D eigenvalue weighted by molar-refractivity contribution is 5.84. The molecule has 1 saturated heterocycles. The summed E-state index contributed by atoms with van der Waals surface area (Å²) in [6.07, 6.45) is 0.690. The van der Waals surface area contributed by atoms with Gasteiger partial charge < -0.3 is 5.32 Å². The van der Waals surface area contributed by atoms with Crippen molar-refractivity contribution in [2.45, 2.75) is 52.2 Å². The summed E-state index contributed by atoms with van der Waals surface area (Å²) in [6.45, 7) is 7.90. The quantitative estimate of drug-likeness (QED) is 0.919. The summed E-state index contributed by atoms with van der Waals surface area (Å²) in [4.78, 5) is 14.5. The van der Waals surface area contributed by atoms with Crippen LogP contribution in [0.4, 0.5) is 8.78 Å². The van der Waals surface area contributed by atoms with Gasteiger partial charge in [0.25, 0.3) is 0 Å². The Hall–Kier alpha value is -2.00. The van der Waals surface area contributed by atoms with Gasteiger partial charge in [0.15, 0.2) is 11.6 Å². The first-order valence-electron chi connectivity index (χ1n) is 8.10. The molecule has 0 bridgehead atoms. The van der Waals surface area contributed by atoms with Crippen molar-refractivity contribution in [3.05, 3.63) is 35.4 Å². The van der Waals surface area contributed by atoms with Crippen LogP contribution in [-0.2, 0) is 4.79 Å². The molecular formula is C18H23F2N3O. The fourth-order valence-electron chi connectivity index (χ4n) is 3.07. The van der Waals surface area contributed by atoms with E-state index in [1.54, 1.807) is 19.9 Å². The van der Waals surface area contributed by atoms with E-state index in [-0.39, 0.29) is 24.0 Å². The molecule has 2 atom stereocenters. The van der Waals surface area contributed by atoms with Crippen molar-refractivity contribution >= 4 is 5.91 Å². The molecule has 1 heterocycles. The van der Waals surface area contributed by atoms with Crippen molar-refractivity contribution in [2.75, 3.05) is 6.54 Å². The normalized spacial score (nSPS) is 21.8. The molecule has 0 aromatic heterocycles. The zero-order chi connectivity index (χ0) is 18.1. The van der Waals surface area contributed by atoms with E-state index in [2.05, 4.69) is 10.2 Å². The third-order valence-electron chi connectivity index (χ3n) is 4.55. The third kappa shape index (κ3) is 3.57. The van der Waals surface area contributed by atoms with Gasteiger partial charge in [-0.2, -0.15) is 5.26 Å². The van der Waals surface area contributed by atoms with Crippen LogP contribution in [0.1, 0.15) is 45.7 Å². The number of hydrogen-bond donors (Lipinski definition) is 1. The van der Waals surface area contributed by atoms with Crippen LogP contribution in [0.25, 0.3) is 0 Å². The number of halogens is 2. The topological polar surface area (TPSA) is 56.1 Å². The summed E-state index contributed by atoms with van der Waals surface area (Å²) in [7, 11) is 0. The second-order valence-electron chi connectivity index (χ2n) is 7.06. The Bertz CT molecular complexity index is 667. The highest BCUT2D eigenvalue weighted by Gasteiger charge is 2.40. The maximum Gasteiger partial charge on any atom is 0.240 e. The molecule has 1 aromatic rings. The van der Waals surface area contributed by atoms with E-state index in [1.165, 1.54) is 6.07 Å². The van der Waals surface area contributed by atoms with Gasteiger partial charge in [-0.15, -0.1) is 0 Å². The maximum atomic E-state index is 13.7. The summed E-state index contributed by atoms with van der Waals surface area (Å²) >= 11 is 0. The van der Waals surface area contributed by atoms with Crippen molar-refractivity contribution in [1.29, 1.82) is 5.26 Å². The first-order valence-corrected chi connectivity index (χ1v) is 8.10. The second kappa shape index (κ2) is 6.86. The first-order chi connectivity index (χ1) is 11.2. The second-order valence-corrected chi connectivity index (χ2v) is 7.06. The third-order valence-corrected chi connectivity index (χ3v) is 4.55. The average Bonchev–Trinajstić information content (AvgIpc) is 2.93. The van der Waals surface area contributed by atoms with Gasteiger partial charge in [0, 0.05) is 18.6 Å². The predicted octanol–water partition coefficient (Wildman–Crippen LogP) is 3.15. The molecule has 1 fully saturated rings. The van der Waals surface area contributed by atoms with Gasteiger partial charge in [-0.25, -0.2) is 8.78 Å². The zero-order valence-electron chi connectivity index (χ0n) is 14.4. The molecule has 24 heavy (non-hydrogen) atoms. The Morgan fingerprint density at radius 2 is 2.04 bits per heavy atom. The Labute approximate surface area is 141 Å². The van der Waals surface area contributed by atoms with Gasteiger partial charge in [0.1, 0.15) is 5.41 Å². The molecule has 0 aliphatic carbocycles. The zero-order valence-corrected chi connectivity index (χ0v) is 14.4. The molecule has 0 radical (unpaired) electrons. The number of nitrogens with one attached hydrogen (secondary N) is 1. The summed E-state index contributed by atoms with van der Waals surface area (Å²) in [6, 6.07) is 5.52. The standard InChI is InChI=1S/C18H23F2N3O/c1-11(2)23-8-7-15(22-17(24)18(3,4)10-21)16(23)12-5-6-13(19)14(20)9-12/h5-6,9,11,15-16H,7-8H2,1-4H3,(H,22,24)/t15-,16-/m1/s1. The molecule has 0 saturated carbocycles. The Morgan fingerprint density at radius 3 is 2.58 bits per heavy atom. The minimum absolute atomic E-state index is 0.189. The van der Waals surface area contributed by atoms with Gasteiger partial charge in [0.2, 0.25) is 5.91 Å². The van der Waals surface area contributed by atoms with E-state index in [0.29, 0.717) is 12.0 Å². The van der Waals surface area contributed by atoms with Crippen molar-refractivity contribution < 1.29 is 13.6 Å². The fraction of sp³-hybridized carbons (Fsp3) is 0.556. The van der Waals surface area contributed by atoms with Gasteiger partial charge in [0.05, 0.1) is 12.1 Å². The Balaban J connectivity index is 2.32. The van der Waals surface area contributed by atoms with Crippen molar-refractivity contribution in [3.8, 4) is 6.07 Å². The lowest BCUT2D eigenvalue weighted by Crippen LogP contribution is -2.45. The molecule has 2 rings (SSSR count). The average molecular weight is 335 g/mol. The molecule has 1 N–H and O–H groups in total. The molecule has 1 aliphatic rings. The Kier molecular flexibility index (Phi) is 5.24. The molecule has 130 valence electrons.